The average molecular weight is 445 g/mol. The number of rotatable bonds is 0. The van der Waals surface area contributed by atoms with E-state index in [1.54, 1.807) is 0 Å². The van der Waals surface area contributed by atoms with E-state index in [9.17, 15) is 0 Å². The molecule has 0 aliphatic heterocycles. The molecule has 0 amide bonds. The second-order valence-electron chi connectivity index (χ2n) is 9.94. The molecule has 2 aromatic heterocycles. The van der Waals surface area contributed by atoms with E-state index < -0.39 is 0 Å². The molecule has 0 N–H and O–H groups in total. The number of benzene rings is 5. The van der Waals surface area contributed by atoms with Crippen LogP contribution in [0.25, 0.3) is 60.6 Å². The van der Waals surface area contributed by atoms with E-state index in [-0.39, 0.29) is 0 Å². The summed E-state index contributed by atoms with van der Waals surface area (Å²) in [6.45, 7) is 0. The van der Waals surface area contributed by atoms with Crippen LogP contribution < -0.4 is 0 Å². The third kappa shape index (κ3) is 2.14. The molecule has 0 radical (unpaired) electrons. The summed E-state index contributed by atoms with van der Waals surface area (Å²) in [5.41, 5.74) is 15.9. The molecule has 5 aromatic carbocycles. The van der Waals surface area contributed by atoms with Gasteiger partial charge in [-0.3, -0.25) is 4.40 Å². The monoisotopic (exact) mass is 444 g/mol. The average Bonchev–Trinajstić information content (AvgIpc) is 3.59. The van der Waals surface area contributed by atoms with Crippen LogP contribution in [0.15, 0.2) is 97.1 Å². The van der Waals surface area contributed by atoms with Crippen LogP contribution in [0.3, 0.4) is 0 Å². The third-order valence-electron chi connectivity index (χ3n) is 8.22. The van der Waals surface area contributed by atoms with Gasteiger partial charge in [-0.1, -0.05) is 84.9 Å². The summed E-state index contributed by atoms with van der Waals surface area (Å²) in [6.07, 6.45) is 1.99. The van der Waals surface area contributed by atoms with Crippen LogP contribution in [0, 0.1) is 0 Å². The fraction of sp³-hybridized carbons (Fsp3) is 0.0606. The first-order valence-corrected chi connectivity index (χ1v) is 12.3. The van der Waals surface area contributed by atoms with Crippen molar-refractivity contribution in [3.8, 4) is 22.3 Å². The zero-order valence-corrected chi connectivity index (χ0v) is 19.0. The lowest BCUT2D eigenvalue weighted by Crippen LogP contribution is -1.91. The van der Waals surface area contributed by atoms with Gasteiger partial charge < -0.3 is 0 Å². The van der Waals surface area contributed by atoms with Crippen LogP contribution in [0.1, 0.15) is 22.3 Å². The minimum Gasteiger partial charge on any atom is -0.292 e. The molecule has 0 unspecified atom stereocenters. The lowest BCUT2D eigenvalue weighted by atomic mass is 9.94. The van der Waals surface area contributed by atoms with E-state index in [2.05, 4.69) is 101 Å². The van der Waals surface area contributed by atoms with Gasteiger partial charge >= 0.3 is 0 Å². The molecule has 0 atom stereocenters. The number of nitrogens with zero attached hydrogens (tertiary/aromatic N) is 2. The molecule has 35 heavy (non-hydrogen) atoms. The summed E-state index contributed by atoms with van der Waals surface area (Å²) in [5, 5.41) is 3.74. The smallest absolute Gasteiger partial charge is 0.146 e. The molecule has 162 valence electrons. The normalized spacial score (nSPS) is 13.5. The van der Waals surface area contributed by atoms with Gasteiger partial charge in [0.1, 0.15) is 5.65 Å². The minimum absolute atomic E-state index is 0.986. The van der Waals surface area contributed by atoms with Crippen molar-refractivity contribution in [1.29, 1.82) is 0 Å². The molecule has 2 aliphatic carbocycles. The van der Waals surface area contributed by atoms with Crippen LogP contribution in [0.2, 0.25) is 0 Å². The Balaban J connectivity index is 1.45. The van der Waals surface area contributed by atoms with Crippen molar-refractivity contribution in [2.24, 2.45) is 0 Å². The molecule has 0 spiro atoms. The molecule has 2 heterocycles. The van der Waals surface area contributed by atoms with Crippen LogP contribution in [-0.2, 0) is 12.8 Å². The number of fused-ring (bicyclic) bond motifs is 16. The van der Waals surface area contributed by atoms with Crippen LogP contribution in [-0.4, -0.2) is 9.38 Å². The molecule has 0 saturated heterocycles. The molecule has 2 aliphatic rings. The number of imidazole rings is 1. The Hall–Kier alpha value is -4.43. The van der Waals surface area contributed by atoms with E-state index in [4.69, 9.17) is 4.98 Å². The van der Waals surface area contributed by atoms with Gasteiger partial charge in [0.2, 0.25) is 0 Å². The largest absolute Gasteiger partial charge is 0.292 e. The van der Waals surface area contributed by atoms with Gasteiger partial charge in [0.15, 0.2) is 0 Å². The highest BCUT2D eigenvalue weighted by atomic mass is 15.0. The van der Waals surface area contributed by atoms with Gasteiger partial charge in [0.25, 0.3) is 0 Å². The highest BCUT2D eigenvalue weighted by molar-refractivity contribution is 6.15. The number of aromatic nitrogens is 2. The summed E-state index contributed by atoms with van der Waals surface area (Å²) < 4.78 is 2.38. The number of hydrogen-bond acceptors (Lipinski definition) is 1. The van der Waals surface area contributed by atoms with Crippen LogP contribution >= 0.6 is 0 Å². The molecule has 9 rings (SSSR count). The summed E-state index contributed by atoms with van der Waals surface area (Å²) in [6, 6.07) is 35.6. The van der Waals surface area contributed by atoms with Gasteiger partial charge in [0.05, 0.1) is 16.6 Å². The first kappa shape index (κ1) is 18.0. The molecule has 7 aromatic rings. The van der Waals surface area contributed by atoms with Crippen molar-refractivity contribution < 1.29 is 0 Å². The van der Waals surface area contributed by atoms with Gasteiger partial charge in [-0.05, 0) is 69.3 Å². The maximum atomic E-state index is 5.40. The van der Waals surface area contributed by atoms with Crippen molar-refractivity contribution in [3.63, 3.8) is 0 Å². The Morgan fingerprint density at radius 1 is 0.514 bits per heavy atom. The first-order chi connectivity index (χ1) is 17.4. The maximum absolute atomic E-state index is 5.40. The zero-order valence-electron chi connectivity index (χ0n) is 19.0. The Morgan fingerprint density at radius 2 is 1.26 bits per heavy atom. The van der Waals surface area contributed by atoms with E-state index in [0.29, 0.717) is 0 Å². The van der Waals surface area contributed by atoms with Crippen molar-refractivity contribution >= 4 is 38.4 Å². The minimum atomic E-state index is 0.986. The van der Waals surface area contributed by atoms with Gasteiger partial charge in [-0.15, -0.1) is 0 Å². The zero-order chi connectivity index (χ0) is 22.7. The van der Waals surface area contributed by atoms with E-state index in [0.717, 1.165) is 24.0 Å². The van der Waals surface area contributed by atoms with Crippen LogP contribution in [0.5, 0.6) is 0 Å². The fourth-order valence-electron chi connectivity index (χ4n) is 6.77. The van der Waals surface area contributed by atoms with Crippen LogP contribution in [0.4, 0.5) is 0 Å². The van der Waals surface area contributed by atoms with Crippen molar-refractivity contribution in [2.75, 3.05) is 0 Å². The quantitative estimate of drug-likeness (QED) is 0.217. The van der Waals surface area contributed by atoms with Gasteiger partial charge in [0, 0.05) is 16.3 Å². The second-order valence-corrected chi connectivity index (χ2v) is 9.94. The predicted octanol–water partition coefficient (Wildman–Crippen LogP) is 7.94. The van der Waals surface area contributed by atoms with Gasteiger partial charge in [-0.25, -0.2) is 4.98 Å². The Bertz CT molecular complexity index is 2060. The highest BCUT2D eigenvalue weighted by Gasteiger charge is 2.30. The lowest BCUT2D eigenvalue weighted by molar-refractivity contribution is 1.23. The Kier molecular flexibility index (Phi) is 3.16. The van der Waals surface area contributed by atoms with Crippen molar-refractivity contribution in [1.82, 2.24) is 9.38 Å². The molecular weight excluding hydrogens is 424 g/mol. The number of para-hydroxylation sites is 1. The summed E-state index contributed by atoms with van der Waals surface area (Å²) in [7, 11) is 0. The third-order valence-corrected chi connectivity index (χ3v) is 8.22. The molecule has 2 nitrogen and oxygen atoms in total. The van der Waals surface area contributed by atoms with Crippen molar-refractivity contribution in [3.05, 3.63) is 119 Å². The molecular formula is C33H20N2. The Labute approximate surface area is 202 Å². The molecule has 2 heteroatoms. The lowest BCUT2D eigenvalue weighted by Gasteiger charge is -2.10. The topological polar surface area (TPSA) is 17.3 Å². The SMILES string of the molecule is c1ccc2c(c1)Cc1c-2ccc2c1-c1c(ccc3c1nc1c4ccccc4c4ccccc4n31)C2. The molecule has 0 bridgehead atoms. The summed E-state index contributed by atoms with van der Waals surface area (Å²) >= 11 is 0. The summed E-state index contributed by atoms with van der Waals surface area (Å²) in [4.78, 5) is 5.40. The van der Waals surface area contributed by atoms with Crippen molar-refractivity contribution in [2.45, 2.75) is 12.8 Å². The standard InChI is InChI=1S/C33H20N2/c1-2-8-22-19(7-1)18-27-24(22)15-13-20-17-21-14-16-29-32(31(21)30(20)27)34-33-26-11-4-3-9-23(26)25-10-5-6-12-28(25)35(29)33/h1-16H,17-18H2. The maximum Gasteiger partial charge on any atom is 0.146 e. The van der Waals surface area contributed by atoms with E-state index >= 15 is 0 Å². The number of pyridine rings is 1. The summed E-state index contributed by atoms with van der Waals surface area (Å²) in [5.74, 6) is 0. The van der Waals surface area contributed by atoms with E-state index in [1.165, 1.54) is 71.7 Å². The highest BCUT2D eigenvalue weighted by Crippen LogP contribution is 2.50. The molecule has 0 fully saturated rings. The second kappa shape index (κ2) is 6.17. The Morgan fingerprint density at radius 3 is 2.20 bits per heavy atom. The molecule has 0 saturated carbocycles. The first-order valence-electron chi connectivity index (χ1n) is 12.3. The number of hydrogen-bond donors (Lipinski definition) is 0. The predicted molar refractivity (Wildman–Crippen MR) is 144 cm³/mol. The van der Waals surface area contributed by atoms with Gasteiger partial charge in [-0.2, -0.15) is 0 Å². The fourth-order valence-corrected chi connectivity index (χ4v) is 6.77. The van der Waals surface area contributed by atoms with E-state index in [1.807, 2.05) is 0 Å².